The molecule has 0 saturated carbocycles. The van der Waals surface area contributed by atoms with Gasteiger partial charge in [-0.15, -0.1) is 0 Å². The lowest BCUT2D eigenvalue weighted by Crippen LogP contribution is -2.37. The van der Waals surface area contributed by atoms with Crippen LogP contribution < -0.4 is 0 Å². The molecule has 3 aromatic heterocycles. The number of hydrogen-bond acceptors (Lipinski definition) is 4. The van der Waals surface area contributed by atoms with Crippen LogP contribution in [0.25, 0.3) is 33.3 Å². The number of rotatable bonds is 7. The number of piperidine rings is 1. The number of aliphatic hydroxyl groups is 1. The number of likely N-dealkylation sites (tertiary alicyclic amines) is 1. The Hall–Kier alpha value is -3.81. The van der Waals surface area contributed by atoms with Gasteiger partial charge in [0.25, 0.3) is 0 Å². The predicted molar refractivity (Wildman–Crippen MR) is 148 cm³/mol. The van der Waals surface area contributed by atoms with Crippen molar-refractivity contribution in [2.24, 2.45) is 0 Å². The van der Waals surface area contributed by atoms with Gasteiger partial charge in [0.2, 0.25) is 0 Å². The van der Waals surface area contributed by atoms with Crippen molar-refractivity contribution in [3.8, 4) is 22.3 Å². The predicted octanol–water partition coefficient (Wildman–Crippen LogP) is 5.84. The fraction of sp³-hybridized carbons (Fsp3) is 0.290. The first-order valence-corrected chi connectivity index (χ1v) is 13.3. The van der Waals surface area contributed by atoms with Crippen LogP contribution in [-0.2, 0) is 6.54 Å². The molecule has 6 nitrogen and oxygen atoms in total. The molecule has 38 heavy (non-hydrogen) atoms. The molecule has 5 aromatic rings. The molecule has 0 spiro atoms. The first-order chi connectivity index (χ1) is 18.5. The van der Waals surface area contributed by atoms with Gasteiger partial charge < -0.3 is 15.0 Å². The van der Waals surface area contributed by atoms with E-state index in [-0.39, 0.29) is 11.9 Å². The Morgan fingerprint density at radius 2 is 1.84 bits per heavy atom. The Morgan fingerprint density at radius 3 is 2.61 bits per heavy atom. The molecular weight excluding hydrogens is 477 g/mol. The normalized spacial score (nSPS) is 15.8. The average molecular weight is 510 g/mol. The number of nitrogens with zero attached hydrogens (tertiary/aromatic N) is 4. The number of fused-ring (bicyclic) bond motifs is 1. The van der Waals surface area contributed by atoms with E-state index in [0.29, 0.717) is 12.5 Å². The summed E-state index contributed by atoms with van der Waals surface area (Å²) in [5.74, 6) is 0.325. The maximum absolute atomic E-state index is 13.6. The van der Waals surface area contributed by atoms with Gasteiger partial charge in [-0.05, 0) is 73.7 Å². The highest BCUT2D eigenvalue weighted by atomic mass is 19.1. The van der Waals surface area contributed by atoms with Crippen molar-refractivity contribution in [1.82, 2.24) is 24.6 Å². The summed E-state index contributed by atoms with van der Waals surface area (Å²) in [6, 6.07) is 17.7. The molecule has 1 atom stereocenters. The zero-order valence-corrected chi connectivity index (χ0v) is 21.5. The molecule has 194 valence electrons. The Kier molecular flexibility index (Phi) is 6.79. The van der Waals surface area contributed by atoms with Crippen LogP contribution >= 0.6 is 0 Å². The largest absolute Gasteiger partial charge is 0.392 e. The fourth-order valence-electron chi connectivity index (χ4n) is 5.58. The van der Waals surface area contributed by atoms with Crippen LogP contribution in [0.4, 0.5) is 4.39 Å². The summed E-state index contributed by atoms with van der Waals surface area (Å²) in [6.45, 7) is 5.20. The van der Waals surface area contributed by atoms with Crippen molar-refractivity contribution in [1.29, 1.82) is 0 Å². The summed E-state index contributed by atoms with van der Waals surface area (Å²) >= 11 is 0. The smallest absolute Gasteiger partial charge is 0.137 e. The molecule has 7 heteroatoms. The number of hydrogen-bond donors (Lipinski definition) is 2. The van der Waals surface area contributed by atoms with E-state index in [4.69, 9.17) is 0 Å². The van der Waals surface area contributed by atoms with Crippen molar-refractivity contribution in [2.75, 3.05) is 19.6 Å². The van der Waals surface area contributed by atoms with E-state index in [0.717, 1.165) is 71.3 Å². The van der Waals surface area contributed by atoms with E-state index in [9.17, 15) is 9.50 Å². The standard InChI is InChI=1S/C31H32FN5O/c1-21(38)18-36-11-9-25(10-12-36)23-5-7-24(8-6-23)26-14-29-30(17-34-31(29)33-15-26)27-16-35-37(20-27)19-22-3-2-4-28(32)13-22/h2-8,13-17,20-21,25,38H,9-12,18-19H2,1H3,(H,33,34). The van der Waals surface area contributed by atoms with E-state index in [2.05, 4.69) is 50.3 Å². The number of aromatic amines is 1. The van der Waals surface area contributed by atoms with Gasteiger partial charge in [-0.2, -0.15) is 5.10 Å². The molecule has 1 unspecified atom stereocenters. The Bertz CT molecular complexity index is 1530. The second-order valence-corrected chi connectivity index (χ2v) is 10.4. The zero-order valence-electron chi connectivity index (χ0n) is 21.5. The van der Waals surface area contributed by atoms with Crippen molar-refractivity contribution < 1.29 is 9.50 Å². The lowest BCUT2D eigenvalue weighted by molar-refractivity contribution is 0.109. The van der Waals surface area contributed by atoms with Gasteiger partial charge in [-0.1, -0.05) is 36.4 Å². The molecule has 0 bridgehead atoms. The minimum atomic E-state index is -0.270. The number of pyridine rings is 1. The molecule has 1 fully saturated rings. The summed E-state index contributed by atoms with van der Waals surface area (Å²) in [5.41, 5.74) is 7.34. The van der Waals surface area contributed by atoms with E-state index < -0.39 is 0 Å². The number of aromatic nitrogens is 4. The summed E-state index contributed by atoms with van der Waals surface area (Å²) in [6.07, 6.45) is 9.70. The van der Waals surface area contributed by atoms with Crippen molar-refractivity contribution in [2.45, 2.75) is 38.3 Å². The van der Waals surface area contributed by atoms with Crippen LogP contribution in [0.3, 0.4) is 0 Å². The van der Waals surface area contributed by atoms with Crippen molar-refractivity contribution in [3.63, 3.8) is 0 Å². The maximum Gasteiger partial charge on any atom is 0.137 e. The molecule has 1 saturated heterocycles. The lowest BCUT2D eigenvalue weighted by Gasteiger charge is -2.32. The molecule has 6 rings (SSSR count). The third-order valence-electron chi connectivity index (χ3n) is 7.53. The minimum absolute atomic E-state index is 0.240. The second kappa shape index (κ2) is 10.5. The number of β-amino-alcohol motifs (C(OH)–C–C–N with tert-alkyl or cyclic N) is 1. The van der Waals surface area contributed by atoms with Crippen molar-refractivity contribution in [3.05, 3.63) is 96.3 Å². The fourth-order valence-corrected chi connectivity index (χ4v) is 5.58. The molecule has 2 N–H and O–H groups in total. The Morgan fingerprint density at radius 1 is 1.03 bits per heavy atom. The molecule has 0 amide bonds. The summed E-state index contributed by atoms with van der Waals surface area (Å²) < 4.78 is 15.4. The van der Waals surface area contributed by atoms with E-state index in [1.807, 2.05) is 42.5 Å². The topological polar surface area (TPSA) is 70.0 Å². The van der Waals surface area contributed by atoms with Gasteiger partial charge in [0.05, 0.1) is 18.8 Å². The summed E-state index contributed by atoms with van der Waals surface area (Å²) in [4.78, 5) is 10.3. The molecule has 1 aliphatic heterocycles. The number of halogens is 1. The van der Waals surface area contributed by atoms with E-state index >= 15 is 0 Å². The van der Waals surface area contributed by atoms with Gasteiger partial charge in [0.1, 0.15) is 11.5 Å². The average Bonchev–Trinajstić information content (AvgIpc) is 3.55. The van der Waals surface area contributed by atoms with Gasteiger partial charge in [0.15, 0.2) is 0 Å². The zero-order chi connectivity index (χ0) is 26.1. The number of nitrogens with one attached hydrogen (secondary N) is 1. The molecule has 0 radical (unpaired) electrons. The first kappa shape index (κ1) is 24.5. The monoisotopic (exact) mass is 509 g/mol. The third kappa shape index (κ3) is 5.26. The first-order valence-electron chi connectivity index (χ1n) is 13.3. The quantitative estimate of drug-likeness (QED) is 0.289. The highest BCUT2D eigenvalue weighted by Crippen LogP contribution is 2.33. The second-order valence-electron chi connectivity index (χ2n) is 10.4. The Balaban J connectivity index is 1.19. The van der Waals surface area contributed by atoms with Crippen molar-refractivity contribution >= 4 is 11.0 Å². The molecule has 4 heterocycles. The Labute approximate surface area is 221 Å². The van der Waals surface area contributed by atoms with Gasteiger partial charge in [-0.25, -0.2) is 9.37 Å². The number of benzene rings is 2. The van der Waals surface area contributed by atoms with E-state index in [1.165, 1.54) is 17.7 Å². The molecule has 0 aliphatic carbocycles. The summed E-state index contributed by atoms with van der Waals surface area (Å²) in [5, 5.41) is 15.2. The minimum Gasteiger partial charge on any atom is -0.392 e. The van der Waals surface area contributed by atoms with Gasteiger partial charge in [0, 0.05) is 47.2 Å². The van der Waals surface area contributed by atoms with Gasteiger partial charge >= 0.3 is 0 Å². The van der Waals surface area contributed by atoms with Crippen LogP contribution in [0.5, 0.6) is 0 Å². The van der Waals surface area contributed by atoms with Gasteiger partial charge in [-0.3, -0.25) is 4.68 Å². The molecule has 2 aromatic carbocycles. The molecular formula is C31H32FN5O. The highest BCUT2D eigenvalue weighted by Gasteiger charge is 2.21. The van der Waals surface area contributed by atoms with Crippen LogP contribution in [0.2, 0.25) is 0 Å². The number of H-pyrrole nitrogens is 1. The SMILES string of the molecule is CC(O)CN1CCC(c2ccc(-c3cnc4[nH]cc(-c5cnn(Cc6cccc(F)c6)c5)c4c3)cc2)CC1. The van der Waals surface area contributed by atoms with E-state index in [1.54, 1.807) is 6.07 Å². The maximum atomic E-state index is 13.6. The van der Waals surface area contributed by atoms with Crippen LogP contribution in [0.15, 0.2) is 79.4 Å². The number of aliphatic hydroxyl groups excluding tert-OH is 1. The van der Waals surface area contributed by atoms with Crippen LogP contribution in [0.1, 0.15) is 36.8 Å². The van der Waals surface area contributed by atoms with Crippen LogP contribution in [-0.4, -0.2) is 55.5 Å². The third-order valence-corrected chi connectivity index (χ3v) is 7.53. The van der Waals surface area contributed by atoms with Crippen LogP contribution in [0, 0.1) is 5.82 Å². The lowest BCUT2D eigenvalue weighted by atomic mass is 9.88. The highest BCUT2D eigenvalue weighted by molar-refractivity contribution is 5.95. The molecule has 1 aliphatic rings. The summed E-state index contributed by atoms with van der Waals surface area (Å²) in [7, 11) is 0.